The monoisotopic (exact) mass is 487 g/mol. The summed E-state index contributed by atoms with van der Waals surface area (Å²) in [4.78, 5) is 15.9. The van der Waals surface area contributed by atoms with Crippen molar-refractivity contribution in [2.75, 3.05) is 26.0 Å². The second-order valence-corrected chi connectivity index (χ2v) is 10.9. The van der Waals surface area contributed by atoms with Crippen molar-refractivity contribution in [3.8, 4) is 5.75 Å². The van der Waals surface area contributed by atoms with Gasteiger partial charge in [0.25, 0.3) is 0 Å². The van der Waals surface area contributed by atoms with Crippen LogP contribution in [0.15, 0.2) is 40.4 Å². The second kappa shape index (κ2) is 8.92. The van der Waals surface area contributed by atoms with Gasteiger partial charge in [0.1, 0.15) is 22.1 Å². The summed E-state index contributed by atoms with van der Waals surface area (Å²) in [5, 5.41) is 3.00. The SMILES string of the molecule is CCOc1ccc2nc(NC(=O)Cn3cc(S(=O)(=O)NC)c(S(=O)(=O)NC)c3)sc2c1. The number of anilines is 1. The molecule has 0 bridgehead atoms. The molecule has 31 heavy (non-hydrogen) atoms. The maximum Gasteiger partial charge on any atom is 0.246 e. The predicted molar refractivity (Wildman–Crippen MR) is 116 cm³/mol. The molecule has 14 heteroatoms. The van der Waals surface area contributed by atoms with E-state index < -0.39 is 35.7 Å². The second-order valence-electron chi connectivity index (χ2n) is 6.20. The first-order valence-electron chi connectivity index (χ1n) is 8.99. The van der Waals surface area contributed by atoms with Crippen molar-refractivity contribution in [3.63, 3.8) is 0 Å². The van der Waals surface area contributed by atoms with Gasteiger partial charge in [0.05, 0.1) is 16.8 Å². The Bertz CT molecular complexity index is 1280. The smallest absolute Gasteiger partial charge is 0.246 e. The third-order valence-corrected chi connectivity index (χ3v) is 8.12. The highest BCUT2D eigenvalue weighted by molar-refractivity contribution is 7.92. The molecule has 0 fully saturated rings. The van der Waals surface area contributed by atoms with E-state index in [2.05, 4.69) is 19.7 Å². The lowest BCUT2D eigenvalue weighted by Crippen LogP contribution is -2.24. The Morgan fingerprint density at radius 2 is 1.71 bits per heavy atom. The number of amides is 1. The maximum absolute atomic E-state index is 12.5. The molecule has 1 aromatic carbocycles. The van der Waals surface area contributed by atoms with Crippen molar-refractivity contribution in [2.45, 2.75) is 23.3 Å². The molecule has 2 aromatic heterocycles. The highest BCUT2D eigenvalue weighted by atomic mass is 32.2. The molecule has 0 saturated carbocycles. The Kier molecular flexibility index (Phi) is 6.66. The number of rotatable bonds is 9. The number of carbonyl (C=O) groups excluding carboxylic acids is 1. The van der Waals surface area contributed by atoms with Gasteiger partial charge in [0, 0.05) is 12.4 Å². The van der Waals surface area contributed by atoms with Gasteiger partial charge in [-0.3, -0.25) is 4.79 Å². The largest absolute Gasteiger partial charge is 0.494 e. The normalized spacial score (nSPS) is 12.2. The number of ether oxygens (including phenoxy) is 1. The van der Waals surface area contributed by atoms with Gasteiger partial charge in [-0.05, 0) is 39.2 Å². The lowest BCUT2D eigenvalue weighted by molar-refractivity contribution is -0.116. The standard InChI is InChI=1S/C17H21N5O6S3/c1-4-28-11-5-6-12-13(7-11)29-17(20-12)21-16(23)10-22-8-14(30(24,25)18-2)15(9-22)31(26,27)19-3/h5-9,18-19H,4,10H2,1-3H3,(H,20,21,23). The maximum atomic E-state index is 12.5. The minimum absolute atomic E-state index is 0.314. The molecule has 3 N–H and O–H groups in total. The highest BCUT2D eigenvalue weighted by Gasteiger charge is 2.27. The summed E-state index contributed by atoms with van der Waals surface area (Å²) in [5.74, 6) is 0.196. The van der Waals surface area contributed by atoms with Crippen LogP contribution < -0.4 is 19.5 Å². The number of nitrogens with one attached hydrogen (secondary N) is 3. The van der Waals surface area contributed by atoms with E-state index in [-0.39, 0.29) is 6.54 Å². The molecule has 0 aliphatic heterocycles. The van der Waals surface area contributed by atoms with Crippen LogP contribution in [0.5, 0.6) is 5.75 Å². The zero-order valence-electron chi connectivity index (χ0n) is 16.9. The van der Waals surface area contributed by atoms with Crippen LogP contribution in [-0.2, 0) is 31.4 Å². The summed E-state index contributed by atoms with van der Waals surface area (Å²) in [7, 11) is -5.80. The van der Waals surface area contributed by atoms with Crippen LogP contribution >= 0.6 is 11.3 Å². The van der Waals surface area contributed by atoms with Gasteiger partial charge < -0.3 is 14.6 Å². The number of hydrogen-bond donors (Lipinski definition) is 3. The fraction of sp³-hybridized carbons (Fsp3) is 0.294. The van der Waals surface area contributed by atoms with E-state index in [4.69, 9.17) is 4.74 Å². The number of fused-ring (bicyclic) bond motifs is 1. The summed E-state index contributed by atoms with van der Waals surface area (Å²) < 4.78 is 60.5. The van der Waals surface area contributed by atoms with Crippen LogP contribution in [0.3, 0.4) is 0 Å². The van der Waals surface area contributed by atoms with Crippen molar-refractivity contribution >= 4 is 52.6 Å². The average molecular weight is 488 g/mol. The summed E-state index contributed by atoms with van der Waals surface area (Å²) >= 11 is 1.26. The number of aromatic nitrogens is 2. The summed E-state index contributed by atoms with van der Waals surface area (Å²) in [6.07, 6.45) is 2.17. The van der Waals surface area contributed by atoms with Crippen LogP contribution in [0.25, 0.3) is 10.2 Å². The number of carbonyl (C=O) groups is 1. The van der Waals surface area contributed by atoms with E-state index in [0.717, 1.165) is 17.1 Å². The van der Waals surface area contributed by atoms with E-state index in [1.807, 2.05) is 13.0 Å². The molecule has 3 rings (SSSR count). The van der Waals surface area contributed by atoms with E-state index in [1.54, 1.807) is 12.1 Å². The predicted octanol–water partition coefficient (Wildman–Crippen LogP) is 0.951. The fourth-order valence-corrected chi connectivity index (χ4v) is 5.91. The van der Waals surface area contributed by atoms with Crippen LogP contribution in [-0.4, -0.2) is 53.0 Å². The molecule has 3 aromatic rings. The molecule has 0 atom stereocenters. The Morgan fingerprint density at radius 3 is 2.26 bits per heavy atom. The van der Waals surface area contributed by atoms with Crippen molar-refractivity contribution in [3.05, 3.63) is 30.6 Å². The van der Waals surface area contributed by atoms with Crippen molar-refractivity contribution in [1.29, 1.82) is 0 Å². The Morgan fingerprint density at radius 1 is 1.10 bits per heavy atom. The van der Waals surface area contributed by atoms with Crippen molar-refractivity contribution in [2.24, 2.45) is 0 Å². The highest BCUT2D eigenvalue weighted by Crippen LogP contribution is 2.29. The number of thiazole rings is 1. The fourth-order valence-electron chi connectivity index (χ4n) is 2.72. The Labute approximate surface area is 183 Å². The molecule has 0 aliphatic carbocycles. The average Bonchev–Trinajstić information content (AvgIpc) is 3.32. The summed E-state index contributed by atoms with van der Waals surface area (Å²) in [6.45, 7) is 2.09. The Balaban J connectivity index is 1.83. The lowest BCUT2D eigenvalue weighted by atomic mass is 10.3. The van der Waals surface area contributed by atoms with Gasteiger partial charge in [-0.25, -0.2) is 31.3 Å². The minimum Gasteiger partial charge on any atom is -0.494 e. The van der Waals surface area contributed by atoms with Crippen LogP contribution in [0, 0.1) is 0 Å². The summed E-state index contributed by atoms with van der Waals surface area (Å²) in [5.41, 5.74) is 0.689. The van der Waals surface area contributed by atoms with E-state index in [0.29, 0.717) is 23.0 Å². The number of benzene rings is 1. The first kappa shape index (κ1) is 23.1. The Hall–Kier alpha value is -2.52. The summed E-state index contributed by atoms with van der Waals surface area (Å²) in [6, 6.07) is 5.38. The van der Waals surface area contributed by atoms with Crippen LogP contribution in [0.1, 0.15) is 6.92 Å². The third kappa shape index (κ3) is 5.04. The number of hydrogen-bond acceptors (Lipinski definition) is 8. The quantitative estimate of drug-likeness (QED) is 0.407. The number of sulfonamides is 2. The van der Waals surface area contributed by atoms with Crippen molar-refractivity contribution in [1.82, 2.24) is 19.0 Å². The topological polar surface area (TPSA) is 148 Å². The lowest BCUT2D eigenvalue weighted by Gasteiger charge is -2.04. The zero-order valence-corrected chi connectivity index (χ0v) is 19.3. The van der Waals surface area contributed by atoms with Gasteiger partial charge in [-0.1, -0.05) is 11.3 Å². The number of nitrogens with zero attached hydrogens (tertiary/aromatic N) is 2. The van der Waals surface area contributed by atoms with E-state index in [1.165, 1.54) is 30.0 Å². The van der Waals surface area contributed by atoms with Crippen LogP contribution in [0.4, 0.5) is 5.13 Å². The van der Waals surface area contributed by atoms with Gasteiger partial charge in [-0.15, -0.1) is 0 Å². The van der Waals surface area contributed by atoms with Crippen molar-refractivity contribution < 1.29 is 26.4 Å². The third-order valence-electron chi connectivity index (χ3n) is 4.17. The molecule has 2 heterocycles. The molecular weight excluding hydrogens is 466 g/mol. The molecule has 0 aliphatic rings. The molecule has 11 nitrogen and oxygen atoms in total. The molecule has 0 unspecified atom stereocenters. The van der Waals surface area contributed by atoms with Gasteiger partial charge in [-0.2, -0.15) is 0 Å². The molecule has 0 radical (unpaired) electrons. The van der Waals surface area contributed by atoms with Gasteiger partial charge in [0.2, 0.25) is 26.0 Å². The minimum atomic E-state index is -4.07. The molecular formula is C17H21N5O6S3. The van der Waals surface area contributed by atoms with E-state index in [9.17, 15) is 21.6 Å². The van der Waals surface area contributed by atoms with Gasteiger partial charge in [0.15, 0.2) is 5.13 Å². The van der Waals surface area contributed by atoms with E-state index >= 15 is 0 Å². The first-order valence-corrected chi connectivity index (χ1v) is 12.8. The van der Waals surface area contributed by atoms with Gasteiger partial charge >= 0.3 is 0 Å². The molecule has 0 saturated heterocycles. The molecule has 0 spiro atoms. The molecule has 168 valence electrons. The molecule has 1 amide bonds. The zero-order chi connectivity index (χ0) is 22.8. The van der Waals surface area contributed by atoms with Crippen LogP contribution in [0.2, 0.25) is 0 Å². The first-order chi connectivity index (χ1) is 14.6.